The monoisotopic (exact) mass is 344 g/mol. The third kappa shape index (κ3) is 2.83. The predicted molar refractivity (Wildman–Crippen MR) is 85.9 cm³/mol. The normalized spacial score (nSPS) is 10.8. The molecule has 3 aromatic rings. The fraction of sp³-hybridized carbons (Fsp3) is 0.125. The Labute approximate surface area is 130 Å². The molecule has 5 heteroatoms. The van der Waals surface area contributed by atoms with Gasteiger partial charge in [0.25, 0.3) is 5.88 Å². The molecule has 1 heterocycles. The fourth-order valence-corrected chi connectivity index (χ4v) is 2.49. The van der Waals surface area contributed by atoms with Crippen LogP contribution in [0.1, 0.15) is 6.92 Å². The van der Waals surface area contributed by atoms with Gasteiger partial charge in [-0.25, -0.2) is 4.98 Å². The summed E-state index contributed by atoms with van der Waals surface area (Å²) in [6.45, 7) is 2.49. The summed E-state index contributed by atoms with van der Waals surface area (Å²) < 4.78 is 8.22. The largest absolute Gasteiger partial charge is 0.435 e. The molecule has 3 rings (SSSR count). The standard InChI is InChI=1S/C16H13BrN2O2/c1-2-19-8-7-18-15(16(19)20)21-14-6-4-11-9-13(17)5-3-12(11)10-14/h3-10H,2H2,1H3. The Morgan fingerprint density at radius 3 is 2.76 bits per heavy atom. The fourth-order valence-electron chi connectivity index (χ4n) is 2.12. The van der Waals surface area contributed by atoms with Gasteiger partial charge in [-0.15, -0.1) is 0 Å². The van der Waals surface area contributed by atoms with E-state index in [1.54, 1.807) is 17.0 Å². The van der Waals surface area contributed by atoms with E-state index in [0.717, 1.165) is 15.2 Å². The molecular weight excluding hydrogens is 332 g/mol. The molecule has 0 amide bonds. The summed E-state index contributed by atoms with van der Waals surface area (Å²) in [6.07, 6.45) is 3.21. The van der Waals surface area contributed by atoms with Gasteiger partial charge in [0.15, 0.2) is 0 Å². The van der Waals surface area contributed by atoms with Crippen LogP contribution in [0.15, 0.2) is 58.1 Å². The molecule has 0 spiro atoms. The van der Waals surface area contributed by atoms with Crippen molar-refractivity contribution >= 4 is 26.7 Å². The van der Waals surface area contributed by atoms with Crippen LogP contribution in [-0.4, -0.2) is 9.55 Å². The third-order valence-corrected chi connectivity index (χ3v) is 3.70. The topological polar surface area (TPSA) is 44.1 Å². The van der Waals surface area contributed by atoms with Crippen molar-refractivity contribution in [2.45, 2.75) is 13.5 Å². The number of fused-ring (bicyclic) bond motifs is 1. The zero-order chi connectivity index (χ0) is 14.8. The van der Waals surface area contributed by atoms with Gasteiger partial charge in [-0.05, 0) is 42.0 Å². The van der Waals surface area contributed by atoms with E-state index in [1.165, 1.54) is 0 Å². The van der Waals surface area contributed by atoms with E-state index in [2.05, 4.69) is 20.9 Å². The summed E-state index contributed by atoms with van der Waals surface area (Å²) in [5.74, 6) is 0.694. The minimum absolute atomic E-state index is 0.0933. The number of hydrogen-bond acceptors (Lipinski definition) is 3. The first kappa shape index (κ1) is 13.8. The second kappa shape index (κ2) is 5.69. The second-order valence-electron chi connectivity index (χ2n) is 4.58. The van der Waals surface area contributed by atoms with Gasteiger partial charge >= 0.3 is 5.56 Å². The third-order valence-electron chi connectivity index (χ3n) is 3.21. The van der Waals surface area contributed by atoms with E-state index in [-0.39, 0.29) is 11.4 Å². The van der Waals surface area contributed by atoms with E-state index in [4.69, 9.17) is 4.74 Å². The Morgan fingerprint density at radius 1 is 1.19 bits per heavy atom. The molecular formula is C16H13BrN2O2. The molecule has 0 fully saturated rings. The lowest BCUT2D eigenvalue weighted by molar-refractivity contribution is 0.446. The van der Waals surface area contributed by atoms with Gasteiger partial charge in [-0.2, -0.15) is 0 Å². The summed E-state index contributed by atoms with van der Waals surface area (Å²) in [5.41, 5.74) is -0.226. The lowest BCUT2D eigenvalue weighted by Gasteiger charge is -2.07. The second-order valence-corrected chi connectivity index (χ2v) is 5.49. The number of aryl methyl sites for hydroxylation is 1. The number of halogens is 1. The van der Waals surface area contributed by atoms with Crippen LogP contribution in [0.5, 0.6) is 11.6 Å². The molecule has 4 nitrogen and oxygen atoms in total. The molecule has 106 valence electrons. The van der Waals surface area contributed by atoms with Gasteiger partial charge in [0.05, 0.1) is 0 Å². The quantitative estimate of drug-likeness (QED) is 0.721. The highest BCUT2D eigenvalue weighted by Crippen LogP contribution is 2.25. The zero-order valence-electron chi connectivity index (χ0n) is 11.4. The molecule has 0 unspecified atom stereocenters. The summed E-state index contributed by atoms with van der Waals surface area (Å²) in [4.78, 5) is 16.1. The summed E-state index contributed by atoms with van der Waals surface area (Å²) in [5, 5.41) is 2.14. The number of ether oxygens (including phenoxy) is 1. The van der Waals surface area contributed by atoms with Gasteiger partial charge in [-0.3, -0.25) is 4.79 Å². The van der Waals surface area contributed by atoms with Crippen LogP contribution in [-0.2, 0) is 6.54 Å². The van der Waals surface area contributed by atoms with E-state index in [9.17, 15) is 4.79 Å². The number of rotatable bonds is 3. The van der Waals surface area contributed by atoms with Gasteiger partial charge < -0.3 is 9.30 Å². The van der Waals surface area contributed by atoms with Crippen molar-refractivity contribution in [2.24, 2.45) is 0 Å². The molecule has 0 radical (unpaired) electrons. The van der Waals surface area contributed by atoms with Crippen molar-refractivity contribution in [1.82, 2.24) is 9.55 Å². The van der Waals surface area contributed by atoms with Crippen molar-refractivity contribution in [3.63, 3.8) is 0 Å². The average molecular weight is 345 g/mol. The predicted octanol–water partition coefficient (Wildman–Crippen LogP) is 3.97. The van der Waals surface area contributed by atoms with Crippen molar-refractivity contribution in [3.8, 4) is 11.6 Å². The van der Waals surface area contributed by atoms with Gasteiger partial charge in [0.2, 0.25) is 0 Å². The van der Waals surface area contributed by atoms with E-state index in [1.807, 2.05) is 43.3 Å². The minimum Gasteiger partial charge on any atom is -0.435 e. The highest BCUT2D eigenvalue weighted by molar-refractivity contribution is 9.10. The maximum absolute atomic E-state index is 12.1. The summed E-state index contributed by atoms with van der Waals surface area (Å²) >= 11 is 3.44. The van der Waals surface area contributed by atoms with Crippen LogP contribution in [0.2, 0.25) is 0 Å². The minimum atomic E-state index is -0.226. The first-order valence-corrected chi connectivity index (χ1v) is 7.39. The van der Waals surface area contributed by atoms with Gasteiger partial charge in [0.1, 0.15) is 5.75 Å². The van der Waals surface area contributed by atoms with Gasteiger partial charge in [-0.1, -0.05) is 28.1 Å². The first-order valence-electron chi connectivity index (χ1n) is 6.60. The smallest absolute Gasteiger partial charge is 0.313 e. The maximum atomic E-state index is 12.1. The van der Waals surface area contributed by atoms with E-state index >= 15 is 0 Å². The lowest BCUT2D eigenvalue weighted by Crippen LogP contribution is -2.20. The molecule has 0 aliphatic heterocycles. The summed E-state index contributed by atoms with van der Waals surface area (Å²) in [6, 6.07) is 11.7. The van der Waals surface area contributed by atoms with Crippen LogP contribution in [0, 0.1) is 0 Å². The highest BCUT2D eigenvalue weighted by atomic mass is 79.9. The Balaban J connectivity index is 1.99. The lowest BCUT2D eigenvalue weighted by atomic mass is 10.1. The average Bonchev–Trinajstić information content (AvgIpc) is 2.49. The molecule has 2 aromatic carbocycles. The molecule has 0 N–H and O–H groups in total. The molecule has 21 heavy (non-hydrogen) atoms. The zero-order valence-corrected chi connectivity index (χ0v) is 13.0. The number of aromatic nitrogens is 2. The van der Waals surface area contributed by atoms with Crippen molar-refractivity contribution in [3.05, 3.63) is 63.6 Å². The van der Waals surface area contributed by atoms with E-state index in [0.29, 0.717) is 12.3 Å². The Kier molecular flexibility index (Phi) is 3.75. The Morgan fingerprint density at radius 2 is 1.95 bits per heavy atom. The number of hydrogen-bond donors (Lipinski definition) is 0. The van der Waals surface area contributed by atoms with Crippen LogP contribution < -0.4 is 10.3 Å². The van der Waals surface area contributed by atoms with Crippen molar-refractivity contribution < 1.29 is 4.74 Å². The van der Waals surface area contributed by atoms with Crippen LogP contribution in [0.3, 0.4) is 0 Å². The molecule has 0 aliphatic carbocycles. The van der Waals surface area contributed by atoms with Gasteiger partial charge in [0, 0.05) is 23.4 Å². The maximum Gasteiger partial charge on any atom is 0.313 e. The first-order chi connectivity index (χ1) is 10.2. The van der Waals surface area contributed by atoms with Crippen LogP contribution in [0.4, 0.5) is 0 Å². The Bertz CT molecular complexity index is 858. The molecule has 0 aliphatic rings. The summed E-state index contributed by atoms with van der Waals surface area (Å²) in [7, 11) is 0. The number of nitrogens with zero attached hydrogens (tertiary/aromatic N) is 2. The number of benzene rings is 2. The van der Waals surface area contributed by atoms with Crippen LogP contribution in [0.25, 0.3) is 10.8 Å². The van der Waals surface area contributed by atoms with Crippen molar-refractivity contribution in [2.75, 3.05) is 0 Å². The van der Waals surface area contributed by atoms with Crippen LogP contribution >= 0.6 is 15.9 Å². The molecule has 0 atom stereocenters. The van der Waals surface area contributed by atoms with Crippen molar-refractivity contribution in [1.29, 1.82) is 0 Å². The van der Waals surface area contributed by atoms with E-state index < -0.39 is 0 Å². The SMILES string of the molecule is CCn1ccnc(Oc2ccc3cc(Br)ccc3c2)c1=O. The highest BCUT2D eigenvalue weighted by Gasteiger charge is 2.07. The molecule has 0 bridgehead atoms. The molecule has 0 saturated heterocycles. The Hall–Kier alpha value is -2.14. The molecule has 1 aromatic heterocycles. The molecule has 0 saturated carbocycles.